The number of halogens is 4. The van der Waals surface area contributed by atoms with Gasteiger partial charge in [0, 0.05) is 3.57 Å². The lowest BCUT2D eigenvalue weighted by atomic mass is 10.2. The van der Waals surface area contributed by atoms with Crippen LogP contribution in [0.5, 0.6) is 0 Å². The molecular formula is C15H10Cl2FIN2. The fourth-order valence-electron chi connectivity index (χ4n) is 2.25. The molecule has 2 nitrogen and oxygen atoms in total. The van der Waals surface area contributed by atoms with Gasteiger partial charge in [0.15, 0.2) is 0 Å². The lowest BCUT2D eigenvalue weighted by Crippen LogP contribution is -2.02. The molecule has 0 saturated carbocycles. The van der Waals surface area contributed by atoms with Gasteiger partial charge in [0.05, 0.1) is 27.1 Å². The van der Waals surface area contributed by atoms with Crippen LogP contribution in [-0.4, -0.2) is 9.55 Å². The maximum Gasteiger partial charge on any atom is 0.132 e. The number of benzene rings is 2. The van der Waals surface area contributed by atoms with Crippen molar-refractivity contribution in [3.8, 4) is 5.69 Å². The Bertz CT molecular complexity index is 830. The van der Waals surface area contributed by atoms with E-state index in [9.17, 15) is 4.39 Å². The third-order valence-electron chi connectivity index (χ3n) is 3.15. The highest BCUT2D eigenvalue weighted by Crippen LogP contribution is 2.32. The summed E-state index contributed by atoms with van der Waals surface area (Å²) in [5, 5.41) is 0.0302. The Morgan fingerprint density at radius 3 is 2.67 bits per heavy atom. The molecule has 1 aromatic heterocycles. The molecule has 1 heterocycles. The van der Waals surface area contributed by atoms with Gasteiger partial charge in [-0.05, 0) is 65.9 Å². The minimum Gasteiger partial charge on any atom is -0.294 e. The summed E-state index contributed by atoms with van der Waals surface area (Å²) >= 11 is 14.7. The normalized spacial score (nSPS) is 12.8. The maximum atomic E-state index is 13.3. The van der Waals surface area contributed by atoms with Crippen molar-refractivity contribution in [2.24, 2.45) is 0 Å². The quantitative estimate of drug-likeness (QED) is 0.372. The van der Waals surface area contributed by atoms with Gasteiger partial charge in [-0.3, -0.25) is 4.57 Å². The van der Waals surface area contributed by atoms with E-state index in [-0.39, 0.29) is 11.2 Å². The van der Waals surface area contributed by atoms with E-state index in [2.05, 4.69) is 27.6 Å². The molecule has 0 N–H and O–H groups in total. The predicted molar refractivity (Wildman–Crippen MR) is 93.0 cm³/mol. The van der Waals surface area contributed by atoms with E-state index >= 15 is 0 Å². The van der Waals surface area contributed by atoms with Crippen molar-refractivity contribution < 1.29 is 4.39 Å². The summed E-state index contributed by atoms with van der Waals surface area (Å²) in [6.07, 6.45) is 0. The fraction of sp³-hybridized carbons (Fsp3) is 0.133. The van der Waals surface area contributed by atoms with E-state index in [1.807, 2.05) is 29.7 Å². The van der Waals surface area contributed by atoms with Gasteiger partial charge in [0.25, 0.3) is 0 Å². The highest BCUT2D eigenvalue weighted by molar-refractivity contribution is 14.1. The molecule has 6 heteroatoms. The first-order valence-corrected chi connectivity index (χ1v) is 8.14. The van der Waals surface area contributed by atoms with Crippen LogP contribution in [-0.2, 0) is 0 Å². The van der Waals surface area contributed by atoms with Gasteiger partial charge in [-0.25, -0.2) is 9.37 Å². The number of hydrogen-bond acceptors (Lipinski definition) is 1. The van der Waals surface area contributed by atoms with Gasteiger partial charge in [-0.2, -0.15) is 0 Å². The fourth-order valence-corrected chi connectivity index (χ4v) is 3.13. The Balaban J connectivity index is 2.36. The first-order chi connectivity index (χ1) is 9.97. The van der Waals surface area contributed by atoms with E-state index in [0.29, 0.717) is 16.5 Å². The monoisotopic (exact) mass is 434 g/mol. The maximum absolute atomic E-state index is 13.3. The van der Waals surface area contributed by atoms with Gasteiger partial charge in [-0.15, -0.1) is 11.6 Å². The Labute approximate surface area is 145 Å². The van der Waals surface area contributed by atoms with Crippen molar-refractivity contribution in [2.75, 3.05) is 0 Å². The smallest absolute Gasteiger partial charge is 0.132 e. The molecule has 3 rings (SSSR count). The van der Waals surface area contributed by atoms with Crippen LogP contribution < -0.4 is 0 Å². The molecule has 0 bridgehead atoms. The second-order valence-corrected chi connectivity index (χ2v) is 6.96. The molecule has 0 aliphatic carbocycles. The van der Waals surface area contributed by atoms with Crippen molar-refractivity contribution in [1.29, 1.82) is 0 Å². The standard InChI is InChI=1S/C15H10Cl2FIN2/c1-8(16)15-20-12-7-10(19)3-5-14(12)21(15)13-4-2-9(18)6-11(13)17/h2-8H,1H3. The highest BCUT2D eigenvalue weighted by Gasteiger charge is 2.18. The van der Waals surface area contributed by atoms with Gasteiger partial charge in [0.1, 0.15) is 11.6 Å². The summed E-state index contributed by atoms with van der Waals surface area (Å²) in [4.78, 5) is 4.59. The van der Waals surface area contributed by atoms with Crippen LogP contribution in [0.15, 0.2) is 36.4 Å². The zero-order valence-electron chi connectivity index (χ0n) is 10.9. The lowest BCUT2D eigenvalue weighted by molar-refractivity contribution is 0.627. The van der Waals surface area contributed by atoms with E-state index in [1.54, 1.807) is 6.07 Å². The number of fused-ring (bicyclic) bond motifs is 1. The molecule has 0 radical (unpaired) electrons. The zero-order valence-corrected chi connectivity index (χ0v) is 14.6. The molecule has 0 fully saturated rings. The van der Waals surface area contributed by atoms with E-state index in [0.717, 1.165) is 14.6 Å². The molecule has 2 aromatic carbocycles. The van der Waals surface area contributed by atoms with Crippen LogP contribution >= 0.6 is 45.8 Å². The molecule has 21 heavy (non-hydrogen) atoms. The molecular weight excluding hydrogens is 425 g/mol. The predicted octanol–water partition coefficient (Wildman–Crippen LogP) is 5.72. The third-order valence-corrected chi connectivity index (χ3v) is 4.32. The zero-order chi connectivity index (χ0) is 15.1. The minimum absolute atomic E-state index is 0.295. The third kappa shape index (κ3) is 2.76. The van der Waals surface area contributed by atoms with Crippen molar-refractivity contribution in [3.63, 3.8) is 0 Å². The Morgan fingerprint density at radius 2 is 2.00 bits per heavy atom. The SMILES string of the molecule is CC(Cl)c1nc2cc(I)ccc2n1-c1ccc(F)cc1Cl. The van der Waals surface area contributed by atoms with Gasteiger partial charge < -0.3 is 0 Å². The largest absolute Gasteiger partial charge is 0.294 e. The van der Waals surface area contributed by atoms with Crippen molar-refractivity contribution in [3.05, 3.63) is 56.6 Å². The first-order valence-electron chi connectivity index (χ1n) is 6.25. The van der Waals surface area contributed by atoms with Gasteiger partial charge in [-0.1, -0.05) is 11.6 Å². The van der Waals surface area contributed by atoms with Crippen molar-refractivity contribution >= 4 is 56.8 Å². The Kier molecular flexibility index (Phi) is 4.12. The number of nitrogens with zero attached hydrogens (tertiary/aromatic N) is 2. The van der Waals surface area contributed by atoms with Crippen LogP contribution in [0.1, 0.15) is 18.1 Å². The van der Waals surface area contributed by atoms with Crippen LogP contribution in [0.3, 0.4) is 0 Å². The molecule has 0 saturated heterocycles. The van der Waals surface area contributed by atoms with Gasteiger partial charge >= 0.3 is 0 Å². The van der Waals surface area contributed by atoms with Crippen LogP contribution in [0.4, 0.5) is 4.39 Å². The first kappa shape index (κ1) is 15.1. The second-order valence-electron chi connectivity index (χ2n) is 4.65. The van der Waals surface area contributed by atoms with E-state index in [4.69, 9.17) is 23.2 Å². The highest BCUT2D eigenvalue weighted by atomic mass is 127. The number of imidazole rings is 1. The van der Waals surface area contributed by atoms with Gasteiger partial charge in [0.2, 0.25) is 0 Å². The molecule has 0 aliphatic rings. The molecule has 0 amide bonds. The van der Waals surface area contributed by atoms with Crippen LogP contribution in [0.25, 0.3) is 16.7 Å². The summed E-state index contributed by atoms with van der Waals surface area (Å²) < 4.78 is 16.2. The molecule has 0 spiro atoms. The van der Waals surface area contributed by atoms with Crippen LogP contribution in [0.2, 0.25) is 5.02 Å². The van der Waals surface area contributed by atoms with E-state index in [1.165, 1.54) is 12.1 Å². The minimum atomic E-state index is -0.372. The number of rotatable bonds is 2. The number of alkyl halides is 1. The number of hydrogen-bond donors (Lipinski definition) is 0. The summed E-state index contributed by atoms with van der Waals surface area (Å²) in [5.74, 6) is 0.311. The summed E-state index contributed by atoms with van der Waals surface area (Å²) in [6, 6.07) is 10.2. The summed E-state index contributed by atoms with van der Waals surface area (Å²) in [7, 11) is 0. The van der Waals surface area contributed by atoms with E-state index < -0.39 is 0 Å². The lowest BCUT2D eigenvalue weighted by Gasteiger charge is -2.12. The molecule has 108 valence electrons. The number of aromatic nitrogens is 2. The molecule has 0 aliphatic heterocycles. The topological polar surface area (TPSA) is 17.8 Å². The summed E-state index contributed by atoms with van der Waals surface area (Å²) in [6.45, 7) is 1.85. The Morgan fingerprint density at radius 1 is 1.24 bits per heavy atom. The average molecular weight is 435 g/mol. The van der Waals surface area contributed by atoms with Crippen molar-refractivity contribution in [2.45, 2.75) is 12.3 Å². The molecule has 1 unspecified atom stereocenters. The molecule has 3 aromatic rings. The van der Waals surface area contributed by atoms with Crippen molar-refractivity contribution in [1.82, 2.24) is 9.55 Å². The average Bonchev–Trinajstić information content (AvgIpc) is 2.77. The summed E-state index contributed by atoms with van der Waals surface area (Å²) in [5.41, 5.74) is 2.40. The second kappa shape index (κ2) is 5.74. The molecule has 1 atom stereocenters. The van der Waals surface area contributed by atoms with Crippen LogP contribution in [0, 0.1) is 9.39 Å². The Hall–Kier alpha value is -0.850.